The summed E-state index contributed by atoms with van der Waals surface area (Å²) in [6.07, 6.45) is -0.291. The molecule has 0 radical (unpaired) electrons. The van der Waals surface area contributed by atoms with E-state index >= 15 is 0 Å². The molecule has 70 valence electrons. The summed E-state index contributed by atoms with van der Waals surface area (Å²) in [6, 6.07) is 5.85. The van der Waals surface area contributed by atoms with Gasteiger partial charge in [-0.25, -0.2) is 0 Å². The number of para-hydroxylation sites is 1. The lowest BCUT2D eigenvalue weighted by molar-refractivity contribution is -0.0175. The SMILES string of the molecule is COCC1Oc2cccc(C)c2O1. The molecule has 0 aromatic heterocycles. The Balaban J connectivity index is 2.20. The predicted molar refractivity (Wildman–Crippen MR) is 48.1 cm³/mol. The Bertz CT molecular complexity index is 309. The summed E-state index contributed by atoms with van der Waals surface area (Å²) in [5.74, 6) is 1.65. The molecule has 0 bridgehead atoms. The molecule has 1 aromatic carbocycles. The van der Waals surface area contributed by atoms with Crippen LogP contribution in [0, 0.1) is 6.92 Å². The highest BCUT2D eigenvalue weighted by atomic mass is 16.7. The number of aryl methyl sites for hydroxylation is 1. The lowest BCUT2D eigenvalue weighted by Gasteiger charge is -2.07. The van der Waals surface area contributed by atoms with E-state index in [-0.39, 0.29) is 6.29 Å². The third-order valence-electron chi connectivity index (χ3n) is 1.99. The van der Waals surface area contributed by atoms with Crippen LogP contribution in [0.1, 0.15) is 5.56 Å². The maximum atomic E-state index is 5.53. The van der Waals surface area contributed by atoms with Crippen LogP contribution in [0.25, 0.3) is 0 Å². The summed E-state index contributed by atoms with van der Waals surface area (Å²) in [5.41, 5.74) is 1.09. The van der Waals surface area contributed by atoms with Crippen molar-refractivity contribution in [1.29, 1.82) is 0 Å². The Morgan fingerprint density at radius 2 is 2.23 bits per heavy atom. The maximum absolute atomic E-state index is 5.53. The zero-order valence-corrected chi connectivity index (χ0v) is 7.74. The Kier molecular flexibility index (Phi) is 2.10. The number of rotatable bonds is 2. The van der Waals surface area contributed by atoms with E-state index in [0.29, 0.717) is 6.61 Å². The van der Waals surface area contributed by atoms with Crippen LogP contribution in [0.5, 0.6) is 11.5 Å². The Labute approximate surface area is 77.2 Å². The highest BCUT2D eigenvalue weighted by Gasteiger charge is 2.24. The third-order valence-corrected chi connectivity index (χ3v) is 1.99. The van der Waals surface area contributed by atoms with Gasteiger partial charge in [0.15, 0.2) is 11.5 Å². The molecular weight excluding hydrogens is 168 g/mol. The first-order valence-electron chi connectivity index (χ1n) is 4.23. The number of benzene rings is 1. The summed E-state index contributed by atoms with van der Waals surface area (Å²) in [6.45, 7) is 2.45. The number of ether oxygens (including phenoxy) is 3. The zero-order valence-electron chi connectivity index (χ0n) is 7.74. The molecule has 2 rings (SSSR count). The Hall–Kier alpha value is -1.22. The lowest BCUT2D eigenvalue weighted by atomic mass is 10.2. The fourth-order valence-corrected chi connectivity index (χ4v) is 1.37. The molecule has 1 aromatic rings. The van der Waals surface area contributed by atoms with Crippen LogP contribution in [0.4, 0.5) is 0 Å². The smallest absolute Gasteiger partial charge is 0.264 e. The number of hydrogen-bond donors (Lipinski definition) is 0. The zero-order chi connectivity index (χ0) is 9.26. The van der Waals surface area contributed by atoms with Gasteiger partial charge in [0.2, 0.25) is 0 Å². The maximum Gasteiger partial charge on any atom is 0.264 e. The van der Waals surface area contributed by atoms with Crippen molar-refractivity contribution in [2.24, 2.45) is 0 Å². The first kappa shape index (κ1) is 8.38. The largest absolute Gasteiger partial charge is 0.448 e. The summed E-state index contributed by atoms with van der Waals surface area (Å²) >= 11 is 0. The van der Waals surface area contributed by atoms with Crippen molar-refractivity contribution >= 4 is 0 Å². The van der Waals surface area contributed by atoms with Gasteiger partial charge in [-0.1, -0.05) is 12.1 Å². The van der Waals surface area contributed by atoms with Gasteiger partial charge in [0.25, 0.3) is 6.29 Å². The predicted octanol–water partition coefficient (Wildman–Crippen LogP) is 1.74. The third kappa shape index (κ3) is 1.47. The van der Waals surface area contributed by atoms with Gasteiger partial charge in [0.1, 0.15) is 6.61 Å². The molecule has 1 unspecified atom stereocenters. The van der Waals surface area contributed by atoms with Crippen molar-refractivity contribution in [3.8, 4) is 11.5 Å². The van der Waals surface area contributed by atoms with Gasteiger partial charge in [-0.2, -0.15) is 0 Å². The van der Waals surface area contributed by atoms with E-state index in [4.69, 9.17) is 14.2 Å². The van der Waals surface area contributed by atoms with Crippen molar-refractivity contribution in [2.75, 3.05) is 13.7 Å². The molecule has 0 saturated heterocycles. The van der Waals surface area contributed by atoms with Crippen LogP contribution in [-0.4, -0.2) is 20.0 Å². The van der Waals surface area contributed by atoms with Crippen LogP contribution >= 0.6 is 0 Å². The Morgan fingerprint density at radius 1 is 1.38 bits per heavy atom. The second kappa shape index (κ2) is 3.26. The minimum atomic E-state index is -0.291. The standard InChI is InChI=1S/C10H12O3/c1-7-4-3-5-8-10(7)13-9(12-8)6-11-2/h3-5,9H,6H2,1-2H3. The molecule has 0 N–H and O–H groups in total. The molecule has 0 amide bonds. The van der Waals surface area contributed by atoms with Crippen LogP contribution < -0.4 is 9.47 Å². The number of hydrogen-bond acceptors (Lipinski definition) is 3. The molecule has 0 spiro atoms. The highest BCUT2D eigenvalue weighted by Crippen LogP contribution is 2.37. The summed E-state index contributed by atoms with van der Waals surface area (Å²) in [7, 11) is 1.63. The van der Waals surface area contributed by atoms with Crippen molar-refractivity contribution in [2.45, 2.75) is 13.2 Å². The molecule has 1 aliphatic rings. The van der Waals surface area contributed by atoms with Gasteiger partial charge in [-0.3, -0.25) is 0 Å². The van der Waals surface area contributed by atoms with Crippen molar-refractivity contribution in [3.05, 3.63) is 23.8 Å². The van der Waals surface area contributed by atoms with E-state index in [2.05, 4.69) is 0 Å². The van der Waals surface area contributed by atoms with Gasteiger partial charge in [0, 0.05) is 7.11 Å². The molecule has 1 heterocycles. The number of fused-ring (bicyclic) bond motifs is 1. The van der Waals surface area contributed by atoms with Crippen LogP contribution in [0.15, 0.2) is 18.2 Å². The first-order valence-corrected chi connectivity index (χ1v) is 4.23. The summed E-state index contributed by atoms with van der Waals surface area (Å²) in [5, 5.41) is 0. The molecule has 1 atom stereocenters. The fraction of sp³-hybridized carbons (Fsp3) is 0.400. The van der Waals surface area contributed by atoms with E-state index in [0.717, 1.165) is 17.1 Å². The molecule has 3 heteroatoms. The summed E-state index contributed by atoms with van der Waals surface area (Å²) in [4.78, 5) is 0. The monoisotopic (exact) mass is 180 g/mol. The normalized spacial score (nSPS) is 19.1. The molecular formula is C10H12O3. The topological polar surface area (TPSA) is 27.7 Å². The van der Waals surface area contributed by atoms with Crippen LogP contribution in [0.2, 0.25) is 0 Å². The van der Waals surface area contributed by atoms with Crippen molar-refractivity contribution in [3.63, 3.8) is 0 Å². The molecule has 0 aliphatic carbocycles. The molecule has 0 fully saturated rings. The molecule has 1 aliphatic heterocycles. The van der Waals surface area contributed by atoms with Gasteiger partial charge in [-0.05, 0) is 18.6 Å². The highest BCUT2D eigenvalue weighted by molar-refractivity contribution is 5.47. The minimum absolute atomic E-state index is 0.291. The molecule has 0 saturated carbocycles. The Morgan fingerprint density at radius 3 is 2.92 bits per heavy atom. The number of methoxy groups -OCH3 is 1. The van der Waals surface area contributed by atoms with Gasteiger partial charge in [0.05, 0.1) is 0 Å². The van der Waals surface area contributed by atoms with Gasteiger partial charge >= 0.3 is 0 Å². The average Bonchev–Trinajstić information content (AvgIpc) is 2.49. The molecule has 3 nitrogen and oxygen atoms in total. The van der Waals surface area contributed by atoms with Crippen LogP contribution in [0.3, 0.4) is 0 Å². The first-order chi connectivity index (χ1) is 6.31. The van der Waals surface area contributed by atoms with E-state index in [1.165, 1.54) is 0 Å². The fourth-order valence-electron chi connectivity index (χ4n) is 1.37. The van der Waals surface area contributed by atoms with Crippen LogP contribution in [-0.2, 0) is 4.74 Å². The van der Waals surface area contributed by atoms with E-state index in [9.17, 15) is 0 Å². The van der Waals surface area contributed by atoms with Gasteiger partial charge in [-0.15, -0.1) is 0 Å². The summed E-state index contributed by atoms with van der Waals surface area (Å²) < 4.78 is 16.0. The van der Waals surface area contributed by atoms with Crippen molar-refractivity contribution in [1.82, 2.24) is 0 Å². The van der Waals surface area contributed by atoms with E-state index in [1.54, 1.807) is 7.11 Å². The lowest BCUT2D eigenvalue weighted by Crippen LogP contribution is -2.23. The van der Waals surface area contributed by atoms with Gasteiger partial charge < -0.3 is 14.2 Å². The second-order valence-electron chi connectivity index (χ2n) is 3.02. The second-order valence-corrected chi connectivity index (χ2v) is 3.02. The van der Waals surface area contributed by atoms with E-state index in [1.807, 2.05) is 25.1 Å². The molecule has 13 heavy (non-hydrogen) atoms. The van der Waals surface area contributed by atoms with E-state index < -0.39 is 0 Å². The minimum Gasteiger partial charge on any atom is -0.448 e. The van der Waals surface area contributed by atoms with Crippen molar-refractivity contribution < 1.29 is 14.2 Å². The quantitative estimate of drug-likeness (QED) is 0.693. The average molecular weight is 180 g/mol.